The quantitative estimate of drug-likeness (QED) is 0.765. The van der Waals surface area contributed by atoms with E-state index in [0.29, 0.717) is 18.4 Å². The van der Waals surface area contributed by atoms with Gasteiger partial charge in [-0.25, -0.2) is 0 Å². The molecule has 3 nitrogen and oxygen atoms in total. The molecule has 1 aromatic rings. The summed E-state index contributed by atoms with van der Waals surface area (Å²) >= 11 is 0. The number of fused-ring (bicyclic) bond motifs is 1. The molecule has 1 amide bonds. The Hall–Kier alpha value is -1.90. The smallest absolute Gasteiger partial charge is 0.224 e. The molecule has 2 rings (SSSR count). The Labute approximate surface area is 107 Å². The highest BCUT2D eigenvalue weighted by molar-refractivity contribution is 6.20. The summed E-state index contributed by atoms with van der Waals surface area (Å²) in [6.07, 6.45) is 2.78. The van der Waals surface area contributed by atoms with Crippen LogP contribution in [0.1, 0.15) is 37.0 Å². The topological polar surface area (TPSA) is 37.4 Å². The third-order valence-corrected chi connectivity index (χ3v) is 3.62. The Morgan fingerprint density at radius 1 is 1.44 bits per heavy atom. The number of hydrogen-bond acceptors (Lipinski definition) is 2. The summed E-state index contributed by atoms with van der Waals surface area (Å²) in [6, 6.07) is 7.29. The third kappa shape index (κ3) is 1.50. The second-order valence-corrected chi connectivity index (χ2v) is 4.58. The van der Waals surface area contributed by atoms with E-state index in [0.717, 1.165) is 5.69 Å². The predicted octanol–water partition coefficient (Wildman–Crippen LogP) is 2.96. The van der Waals surface area contributed by atoms with Gasteiger partial charge in [0.05, 0.1) is 5.69 Å². The zero-order chi connectivity index (χ0) is 13.3. The van der Waals surface area contributed by atoms with E-state index >= 15 is 0 Å². The first-order valence-electron chi connectivity index (χ1n) is 6.14. The third-order valence-electron chi connectivity index (χ3n) is 3.62. The van der Waals surface area contributed by atoms with Crippen molar-refractivity contribution < 1.29 is 9.59 Å². The number of ketones is 1. The second-order valence-electron chi connectivity index (χ2n) is 4.58. The summed E-state index contributed by atoms with van der Waals surface area (Å²) in [5.41, 5.74) is 0.576. The molecule has 94 valence electrons. The monoisotopic (exact) mass is 243 g/mol. The number of carbonyl (C=O) groups is 2. The van der Waals surface area contributed by atoms with Crippen molar-refractivity contribution in [3.8, 4) is 0 Å². The standard InChI is InChI=1S/C15H17NO2/c1-4-10-15(5-2)14(18)12-8-6-7-9-13(12)16(15)11(3)17/h4,6-9H,1,5,10H2,2-3H3/t15-/m0/s1. The summed E-state index contributed by atoms with van der Waals surface area (Å²) in [5.74, 6) is -0.0762. The minimum absolute atomic E-state index is 0.0238. The molecule has 1 atom stereocenters. The normalized spacial score (nSPS) is 21.9. The van der Waals surface area contributed by atoms with E-state index in [1.54, 1.807) is 17.0 Å². The second kappa shape index (κ2) is 4.41. The Kier molecular flexibility index (Phi) is 3.07. The van der Waals surface area contributed by atoms with E-state index < -0.39 is 5.54 Å². The maximum absolute atomic E-state index is 12.6. The van der Waals surface area contributed by atoms with Gasteiger partial charge < -0.3 is 0 Å². The van der Waals surface area contributed by atoms with Crippen molar-refractivity contribution in [1.82, 2.24) is 0 Å². The Morgan fingerprint density at radius 2 is 2.11 bits per heavy atom. The average Bonchev–Trinajstić information content (AvgIpc) is 2.61. The first-order chi connectivity index (χ1) is 8.58. The van der Waals surface area contributed by atoms with Crippen molar-refractivity contribution in [3.63, 3.8) is 0 Å². The van der Waals surface area contributed by atoms with Gasteiger partial charge in [0.2, 0.25) is 5.91 Å². The number of carbonyl (C=O) groups excluding carboxylic acids is 2. The maximum Gasteiger partial charge on any atom is 0.224 e. The van der Waals surface area contributed by atoms with Gasteiger partial charge in [0.1, 0.15) is 5.54 Å². The van der Waals surface area contributed by atoms with Gasteiger partial charge in [0, 0.05) is 12.5 Å². The molecule has 1 aliphatic rings. The maximum atomic E-state index is 12.6. The van der Waals surface area contributed by atoms with Gasteiger partial charge >= 0.3 is 0 Å². The van der Waals surface area contributed by atoms with E-state index in [4.69, 9.17) is 0 Å². The number of anilines is 1. The SMILES string of the molecule is C=CC[C@@]1(CC)C(=O)c2ccccc2N1C(C)=O. The van der Waals surface area contributed by atoms with Crippen LogP contribution >= 0.6 is 0 Å². The number of benzene rings is 1. The van der Waals surface area contributed by atoms with Crippen LogP contribution in [-0.2, 0) is 4.79 Å². The lowest BCUT2D eigenvalue weighted by Crippen LogP contribution is -2.51. The number of amides is 1. The van der Waals surface area contributed by atoms with Crippen LogP contribution in [0, 0.1) is 0 Å². The molecule has 0 saturated heterocycles. The van der Waals surface area contributed by atoms with E-state index in [1.807, 2.05) is 25.1 Å². The van der Waals surface area contributed by atoms with E-state index in [9.17, 15) is 9.59 Å². The molecule has 0 fully saturated rings. The molecule has 18 heavy (non-hydrogen) atoms. The van der Waals surface area contributed by atoms with Gasteiger partial charge in [-0.15, -0.1) is 6.58 Å². The molecule has 3 heteroatoms. The van der Waals surface area contributed by atoms with Crippen LogP contribution in [0.5, 0.6) is 0 Å². The van der Waals surface area contributed by atoms with Crippen molar-refractivity contribution in [2.75, 3.05) is 4.90 Å². The van der Waals surface area contributed by atoms with Crippen molar-refractivity contribution in [2.24, 2.45) is 0 Å². The van der Waals surface area contributed by atoms with E-state index in [1.165, 1.54) is 6.92 Å². The zero-order valence-electron chi connectivity index (χ0n) is 10.8. The van der Waals surface area contributed by atoms with Gasteiger partial charge in [-0.3, -0.25) is 14.5 Å². The Bertz CT molecular complexity index is 521. The summed E-state index contributed by atoms with van der Waals surface area (Å²) in [6.45, 7) is 7.15. The van der Waals surface area contributed by atoms with Gasteiger partial charge in [0.15, 0.2) is 5.78 Å². The number of nitrogens with zero attached hydrogens (tertiary/aromatic N) is 1. The fraction of sp³-hybridized carbons (Fsp3) is 0.333. The summed E-state index contributed by atoms with van der Waals surface area (Å²) in [7, 11) is 0. The summed E-state index contributed by atoms with van der Waals surface area (Å²) in [4.78, 5) is 26.2. The van der Waals surface area contributed by atoms with Gasteiger partial charge in [-0.2, -0.15) is 0 Å². The molecule has 1 heterocycles. The highest BCUT2D eigenvalue weighted by Gasteiger charge is 2.50. The van der Waals surface area contributed by atoms with Crippen molar-refractivity contribution in [3.05, 3.63) is 42.5 Å². The number of Topliss-reactive ketones (excluding diaryl/α,β-unsaturated/α-hetero) is 1. The van der Waals surface area contributed by atoms with Crippen LogP contribution in [0.4, 0.5) is 5.69 Å². The number of para-hydroxylation sites is 1. The first kappa shape index (κ1) is 12.6. The minimum atomic E-state index is -0.780. The molecular formula is C15H17NO2. The largest absolute Gasteiger partial charge is 0.298 e. The lowest BCUT2D eigenvalue weighted by Gasteiger charge is -2.35. The summed E-state index contributed by atoms with van der Waals surface area (Å²) < 4.78 is 0. The molecular weight excluding hydrogens is 226 g/mol. The molecule has 0 radical (unpaired) electrons. The molecule has 0 N–H and O–H groups in total. The molecule has 0 bridgehead atoms. The number of rotatable bonds is 3. The minimum Gasteiger partial charge on any atom is -0.298 e. The average molecular weight is 243 g/mol. The molecule has 1 aliphatic heterocycles. The van der Waals surface area contributed by atoms with E-state index in [2.05, 4.69) is 6.58 Å². The van der Waals surface area contributed by atoms with E-state index in [-0.39, 0.29) is 11.7 Å². The summed E-state index contributed by atoms with van der Waals surface area (Å²) in [5, 5.41) is 0. The lowest BCUT2D eigenvalue weighted by molar-refractivity contribution is -0.117. The first-order valence-corrected chi connectivity index (χ1v) is 6.14. The Morgan fingerprint density at radius 3 is 2.67 bits per heavy atom. The van der Waals surface area contributed by atoms with Crippen LogP contribution < -0.4 is 4.90 Å². The molecule has 1 aromatic carbocycles. The van der Waals surface area contributed by atoms with Gasteiger partial charge in [0.25, 0.3) is 0 Å². The van der Waals surface area contributed by atoms with Crippen molar-refractivity contribution in [2.45, 2.75) is 32.2 Å². The van der Waals surface area contributed by atoms with Crippen LogP contribution in [0.3, 0.4) is 0 Å². The van der Waals surface area contributed by atoms with Crippen molar-refractivity contribution in [1.29, 1.82) is 0 Å². The lowest BCUT2D eigenvalue weighted by atomic mass is 9.86. The van der Waals surface area contributed by atoms with Gasteiger partial charge in [-0.05, 0) is 25.0 Å². The molecule has 0 aliphatic carbocycles. The van der Waals surface area contributed by atoms with Gasteiger partial charge in [-0.1, -0.05) is 25.1 Å². The molecule has 0 unspecified atom stereocenters. The van der Waals surface area contributed by atoms with Crippen molar-refractivity contribution >= 4 is 17.4 Å². The van der Waals surface area contributed by atoms with Crippen LogP contribution in [-0.4, -0.2) is 17.2 Å². The number of hydrogen-bond donors (Lipinski definition) is 0. The highest BCUT2D eigenvalue weighted by Crippen LogP contribution is 2.42. The molecule has 0 aromatic heterocycles. The predicted molar refractivity (Wildman–Crippen MR) is 71.8 cm³/mol. The van der Waals surface area contributed by atoms with Crippen LogP contribution in [0.2, 0.25) is 0 Å². The molecule has 0 saturated carbocycles. The zero-order valence-corrected chi connectivity index (χ0v) is 10.8. The molecule has 0 spiro atoms. The fourth-order valence-corrected chi connectivity index (χ4v) is 2.80. The highest BCUT2D eigenvalue weighted by atomic mass is 16.2. The van der Waals surface area contributed by atoms with Crippen LogP contribution in [0.25, 0.3) is 0 Å². The fourth-order valence-electron chi connectivity index (χ4n) is 2.80. The van der Waals surface area contributed by atoms with Crippen LogP contribution in [0.15, 0.2) is 36.9 Å². The Balaban J connectivity index is 2.66.